The van der Waals surface area contributed by atoms with Crippen molar-refractivity contribution in [1.29, 1.82) is 0 Å². The number of hydrogen-bond donors (Lipinski definition) is 1. The summed E-state index contributed by atoms with van der Waals surface area (Å²) in [6.45, 7) is 7.70. The van der Waals surface area contributed by atoms with Crippen LogP contribution in [-0.4, -0.2) is 23.0 Å². The van der Waals surface area contributed by atoms with Gasteiger partial charge in [0.2, 0.25) is 0 Å². The minimum atomic E-state index is 0.333. The second-order valence-electron chi connectivity index (χ2n) is 6.36. The number of hydrogen-bond acceptors (Lipinski definition) is 3. The van der Waals surface area contributed by atoms with Gasteiger partial charge in [0, 0.05) is 11.6 Å². The van der Waals surface area contributed by atoms with Gasteiger partial charge in [-0.3, -0.25) is 4.90 Å². The quantitative estimate of drug-likeness (QED) is 0.868. The Kier molecular flexibility index (Phi) is 3.20. The fourth-order valence-electron chi connectivity index (χ4n) is 2.78. The highest BCUT2D eigenvalue weighted by Gasteiger charge is 2.32. The van der Waals surface area contributed by atoms with Crippen LogP contribution in [0.15, 0.2) is 16.5 Å². The molecular weight excluding hydrogens is 224 g/mol. The van der Waals surface area contributed by atoms with E-state index in [4.69, 9.17) is 4.42 Å². The van der Waals surface area contributed by atoms with Crippen LogP contribution in [0.4, 0.5) is 0 Å². The summed E-state index contributed by atoms with van der Waals surface area (Å²) in [7, 11) is 0. The average Bonchev–Trinajstić information content (AvgIpc) is 2.96. The molecule has 0 bridgehead atoms. The first-order chi connectivity index (χ1) is 8.63. The van der Waals surface area contributed by atoms with E-state index in [0.29, 0.717) is 5.54 Å². The molecule has 1 saturated heterocycles. The first-order valence-corrected chi connectivity index (χ1v) is 7.19. The molecule has 2 aliphatic rings. The van der Waals surface area contributed by atoms with Crippen molar-refractivity contribution in [3.8, 4) is 0 Å². The van der Waals surface area contributed by atoms with Gasteiger partial charge >= 0.3 is 0 Å². The molecule has 3 nitrogen and oxygen atoms in total. The van der Waals surface area contributed by atoms with E-state index in [0.717, 1.165) is 30.7 Å². The number of rotatable bonds is 5. The third-order valence-corrected chi connectivity index (χ3v) is 4.28. The van der Waals surface area contributed by atoms with E-state index in [9.17, 15) is 0 Å². The van der Waals surface area contributed by atoms with Gasteiger partial charge in [-0.2, -0.15) is 0 Å². The number of nitrogens with one attached hydrogen (secondary N) is 1. The zero-order valence-corrected chi connectivity index (χ0v) is 11.5. The molecule has 3 rings (SSSR count). The van der Waals surface area contributed by atoms with Gasteiger partial charge in [0.05, 0.1) is 13.1 Å². The largest absolute Gasteiger partial charge is 0.463 e. The van der Waals surface area contributed by atoms with Crippen molar-refractivity contribution >= 4 is 0 Å². The van der Waals surface area contributed by atoms with Crippen LogP contribution in [0.5, 0.6) is 0 Å². The molecule has 2 heterocycles. The molecule has 0 amide bonds. The number of likely N-dealkylation sites (tertiary alicyclic amines) is 1. The molecule has 3 heteroatoms. The average molecular weight is 248 g/mol. The summed E-state index contributed by atoms with van der Waals surface area (Å²) in [5, 5.41) is 3.49. The zero-order valence-electron chi connectivity index (χ0n) is 11.5. The highest BCUT2D eigenvalue weighted by molar-refractivity contribution is 5.08. The van der Waals surface area contributed by atoms with Crippen LogP contribution in [0.1, 0.15) is 51.1 Å². The van der Waals surface area contributed by atoms with Crippen LogP contribution in [-0.2, 0) is 13.1 Å². The Morgan fingerprint density at radius 2 is 2.11 bits per heavy atom. The third-order valence-electron chi connectivity index (χ3n) is 4.28. The Morgan fingerprint density at radius 1 is 1.33 bits per heavy atom. The molecular formula is C15H24N2O. The van der Waals surface area contributed by atoms with Gasteiger partial charge in [0.1, 0.15) is 11.5 Å². The van der Waals surface area contributed by atoms with Crippen molar-refractivity contribution in [2.45, 2.75) is 64.2 Å². The molecule has 0 unspecified atom stereocenters. The first kappa shape index (κ1) is 12.2. The third kappa shape index (κ3) is 2.78. The predicted molar refractivity (Wildman–Crippen MR) is 72.3 cm³/mol. The Hall–Kier alpha value is -0.800. The van der Waals surface area contributed by atoms with Crippen LogP contribution in [0, 0.1) is 0 Å². The summed E-state index contributed by atoms with van der Waals surface area (Å²) in [6, 6.07) is 5.00. The summed E-state index contributed by atoms with van der Waals surface area (Å²) >= 11 is 0. The Balaban J connectivity index is 1.55. The SMILES string of the molecule is CC1(C)CCCN1Cc1ccc(CNC2CC2)o1. The number of nitrogens with zero attached hydrogens (tertiary/aromatic N) is 1. The lowest BCUT2D eigenvalue weighted by Gasteiger charge is -2.30. The van der Waals surface area contributed by atoms with E-state index in [-0.39, 0.29) is 0 Å². The van der Waals surface area contributed by atoms with Gasteiger partial charge in [0.25, 0.3) is 0 Å². The molecule has 1 aromatic heterocycles. The molecule has 0 radical (unpaired) electrons. The Labute approximate surface area is 110 Å². The van der Waals surface area contributed by atoms with Gasteiger partial charge in [-0.25, -0.2) is 0 Å². The van der Waals surface area contributed by atoms with Crippen molar-refractivity contribution in [2.24, 2.45) is 0 Å². The second-order valence-corrected chi connectivity index (χ2v) is 6.36. The normalized spacial score (nSPS) is 23.7. The fourth-order valence-corrected chi connectivity index (χ4v) is 2.78. The van der Waals surface area contributed by atoms with Crippen molar-refractivity contribution in [2.75, 3.05) is 6.54 Å². The fraction of sp³-hybridized carbons (Fsp3) is 0.733. The van der Waals surface area contributed by atoms with Gasteiger partial charge < -0.3 is 9.73 Å². The van der Waals surface area contributed by atoms with Gasteiger partial charge in [-0.05, 0) is 58.2 Å². The van der Waals surface area contributed by atoms with E-state index < -0.39 is 0 Å². The van der Waals surface area contributed by atoms with Crippen LogP contribution in [0.2, 0.25) is 0 Å². The molecule has 2 fully saturated rings. The van der Waals surface area contributed by atoms with Crippen molar-refractivity contribution in [1.82, 2.24) is 10.2 Å². The summed E-state index contributed by atoms with van der Waals surface area (Å²) < 4.78 is 5.91. The second kappa shape index (κ2) is 4.71. The summed E-state index contributed by atoms with van der Waals surface area (Å²) in [5.74, 6) is 2.19. The molecule has 0 aromatic carbocycles. The molecule has 18 heavy (non-hydrogen) atoms. The smallest absolute Gasteiger partial charge is 0.118 e. The van der Waals surface area contributed by atoms with Crippen LogP contribution in [0.25, 0.3) is 0 Å². The van der Waals surface area contributed by atoms with E-state index in [1.165, 1.54) is 32.2 Å². The summed E-state index contributed by atoms with van der Waals surface area (Å²) in [6.07, 6.45) is 5.26. The molecule has 1 aromatic rings. The molecule has 0 atom stereocenters. The minimum absolute atomic E-state index is 0.333. The Morgan fingerprint density at radius 3 is 2.78 bits per heavy atom. The number of furan rings is 1. The maximum atomic E-state index is 5.91. The molecule has 1 aliphatic heterocycles. The van der Waals surface area contributed by atoms with Crippen molar-refractivity contribution in [3.05, 3.63) is 23.7 Å². The first-order valence-electron chi connectivity index (χ1n) is 7.19. The summed E-state index contributed by atoms with van der Waals surface area (Å²) in [5.41, 5.74) is 0.333. The van der Waals surface area contributed by atoms with E-state index in [2.05, 4.69) is 36.2 Å². The predicted octanol–water partition coefficient (Wildman–Crippen LogP) is 2.91. The van der Waals surface area contributed by atoms with Gasteiger partial charge in [-0.15, -0.1) is 0 Å². The Bertz CT molecular complexity index is 406. The maximum Gasteiger partial charge on any atom is 0.118 e. The standard InChI is InChI=1S/C15H24N2O/c1-15(2)8-3-9-17(15)11-14-7-6-13(18-14)10-16-12-4-5-12/h6-7,12,16H,3-5,8-11H2,1-2H3. The van der Waals surface area contributed by atoms with Crippen molar-refractivity contribution in [3.63, 3.8) is 0 Å². The van der Waals surface area contributed by atoms with Crippen LogP contribution >= 0.6 is 0 Å². The zero-order chi connectivity index (χ0) is 12.6. The lowest BCUT2D eigenvalue weighted by atomic mass is 10.0. The molecule has 1 saturated carbocycles. The van der Waals surface area contributed by atoms with Crippen LogP contribution < -0.4 is 5.32 Å². The molecule has 0 spiro atoms. The minimum Gasteiger partial charge on any atom is -0.463 e. The van der Waals surface area contributed by atoms with Gasteiger partial charge in [-0.1, -0.05) is 0 Å². The highest BCUT2D eigenvalue weighted by Crippen LogP contribution is 2.30. The molecule has 100 valence electrons. The van der Waals surface area contributed by atoms with E-state index >= 15 is 0 Å². The van der Waals surface area contributed by atoms with Crippen molar-refractivity contribution < 1.29 is 4.42 Å². The summed E-state index contributed by atoms with van der Waals surface area (Å²) in [4.78, 5) is 2.53. The molecule has 1 aliphatic carbocycles. The lowest BCUT2D eigenvalue weighted by molar-refractivity contribution is 0.153. The molecule has 1 N–H and O–H groups in total. The van der Waals surface area contributed by atoms with E-state index in [1.54, 1.807) is 0 Å². The topological polar surface area (TPSA) is 28.4 Å². The highest BCUT2D eigenvalue weighted by atomic mass is 16.3. The monoisotopic (exact) mass is 248 g/mol. The van der Waals surface area contributed by atoms with E-state index in [1.807, 2.05) is 0 Å². The lowest BCUT2D eigenvalue weighted by Crippen LogP contribution is -2.37. The van der Waals surface area contributed by atoms with Gasteiger partial charge in [0.15, 0.2) is 0 Å². The maximum absolute atomic E-state index is 5.91. The van der Waals surface area contributed by atoms with Crippen LogP contribution in [0.3, 0.4) is 0 Å².